The fraction of sp³-hybridized carbons (Fsp3) is 0.400. The van der Waals surface area contributed by atoms with Crippen LogP contribution in [0.3, 0.4) is 0 Å². The Bertz CT molecular complexity index is 529. The molecule has 1 aromatic rings. The fourth-order valence-corrected chi connectivity index (χ4v) is 2.31. The van der Waals surface area contributed by atoms with Crippen LogP contribution >= 0.6 is 0 Å². The van der Waals surface area contributed by atoms with Gasteiger partial charge < -0.3 is 15.4 Å². The molecule has 0 radical (unpaired) electrons. The number of carbonyl (C=O) groups excluding carboxylic acids is 1. The summed E-state index contributed by atoms with van der Waals surface area (Å²) in [7, 11) is 1.59. The lowest BCUT2D eigenvalue weighted by Gasteiger charge is -2.26. The molecule has 0 fully saturated rings. The van der Waals surface area contributed by atoms with Crippen molar-refractivity contribution >= 4 is 17.2 Å². The maximum atomic E-state index is 12.2. The zero-order valence-corrected chi connectivity index (χ0v) is 11.6. The number of anilines is 1. The van der Waals surface area contributed by atoms with Crippen molar-refractivity contribution in [1.29, 1.82) is 0 Å². The van der Waals surface area contributed by atoms with E-state index in [1.54, 1.807) is 12.0 Å². The maximum Gasteiger partial charge on any atom is 0.225 e. The molecule has 0 unspecified atom stereocenters. The second-order valence-electron chi connectivity index (χ2n) is 4.71. The number of amides is 1. The van der Waals surface area contributed by atoms with Gasteiger partial charge in [-0.3, -0.25) is 9.18 Å². The summed E-state index contributed by atoms with van der Waals surface area (Å²) in [5.41, 5.74) is 8.61. The van der Waals surface area contributed by atoms with Gasteiger partial charge >= 0.3 is 0 Å². The molecule has 0 saturated carbocycles. The van der Waals surface area contributed by atoms with Gasteiger partial charge in [-0.05, 0) is 29.7 Å². The largest absolute Gasteiger partial charge is 0.495 e. The maximum absolute atomic E-state index is 12.2. The van der Waals surface area contributed by atoms with Crippen LogP contribution in [-0.4, -0.2) is 37.7 Å². The van der Waals surface area contributed by atoms with Crippen LogP contribution in [0.25, 0.3) is 5.57 Å². The Morgan fingerprint density at radius 1 is 1.50 bits per heavy atom. The third-order valence-electron chi connectivity index (χ3n) is 3.47. The van der Waals surface area contributed by atoms with Crippen molar-refractivity contribution in [3.05, 3.63) is 29.8 Å². The van der Waals surface area contributed by atoms with E-state index in [0.29, 0.717) is 24.5 Å². The minimum atomic E-state index is -0.596. The number of nitrogens with two attached hydrogens (primary N) is 1. The molecule has 1 aromatic carbocycles. The molecule has 2 rings (SSSR count). The molecule has 1 aliphatic heterocycles. The molecule has 0 saturated heterocycles. The average molecular weight is 278 g/mol. The number of carbonyl (C=O) groups is 1. The smallest absolute Gasteiger partial charge is 0.225 e. The highest BCUT2D eigenvalue weighted by atomic mass is 19.1. The highest BCUT2D eigenvalue weighted by Gasteiger charge is 2.18. The van der Waals surface area contributed by atoms with E-state index in [2.05, 4.69) is 0 Å². The van der Waals surface area contributed by atoms with E-state index in [4.69, 9.17) is 10.5 Å². The summed E-state index contributed by atoms with van der Waals surface area (Å²) < 4.78 is 17.4. The van der Waals surface area contributed by atoms with Crippen LogP contribution in [0.15, 0.2) is 24.3 Å². The van der Waals surface area contributed by atoms with Crippen molar-refractivity contribution in [2.75, 3.05) is 32.6 Å². The summed E-state index contributed by atoms with van der Waals surface area (Å²) >= 11 is 0. The van der Waals surface area contributed by atoms with E-state index >= 15 is 0 Å². The lowest BCUT2D eigenvalue weighted by atomic mass is 9.98. The highest BCUT2D eigenvalue weighted by Crippen LogP contribution is 2.29. The summed E-state index contributed by atoms with van der Waals surface area (Å²) in [6, 6.07) is 5.67. The molecule has 0 bridgehead atoms. The molecule has 20 heavy (non-hydrogen) atoms. The summed E-state index contributed by atoms with van der Waals surface area (Å²) in [5, 5.41) is 0. The van der Waals surface area contributed by atoms with Crippen LogP contribution in [0, 0.1) is 0 Å². The molecule has 1 aliphatic rings. The first-order valence-electron chi connectivity index (χ1n) is 6.62. The van der Waals surface area contributed by atoms with Crippen LogP contribution in [0.5, 0.6) is 5.75 Å². The highest BCUT2D eigenvalue weighted by molar-refractivity contribution is 5.78. The van der Waals surface area contributed by atoms with Crippen molar-refractivity contribution < 1.29 is 13.9 Å². The van der Waals surface area contributed by atoms with E-state index in [1.165, 1.54) is 0 Å². The molecule has 0 aromatic heterocycles. The summed E-state index contributed by atoms with van der Waals surface area (Å²) in [5.74, 6) is 0.525. The zero-order valence-electron chi connectivity index (χ0n) is 11.6. The second kappa shape index (κ2) is 6.41. The summed E-state index contributed by atoms with van der Waals surface area (Å²) in [6.07, 6.45) is 2.73. The Labute approximate surface area is 118 Å². The number of nitrogen functional groups attached to an aromatic ring is 1. The van der Waals surface area contributed by atoms with Gasteiger partial charge in [-0.2, -0.15) is 0 Å². The number of hydrogen-bond acceptors (Lipinski definition) is 3. The number of methoxy groups -OCH3 is 1. The van der Waals surface area contributed by atoms with Crippen LogP contribution in [0.4, 0.5) is 10.1 Å². The molecule has 0 spiro atoms. The minimum absolute atomic E-state index is 0.0289. The Morgan fingerprint density at radius 2 is 2.30 bits per heavy atom. The van der Waals surface area contributed by atoms with Crippen LogP contribution < -0.4 is 10.5 Å². The molecular weight excluding hydrogens is 259 g/mol. The van der Waals surface area contributed by atoms with Crippen molar-refractivity contribution in [1.82, 2.24) is 4.90 Å². The molecule has 1 amide bonds. The van der Waals surface area contributed by atoms with Gasteiger partial charge in [0.15, 0.2) is 0 Å². The Balaban J connectivity index is 2.10. The molecule has 5 heteroatoms. The topological polar surface area (TPSA) is 55.6 Å². The van der Waals surface area contributed by atoms with Gasteiger partial charge in [0, 0.05) is 13.1 Å². The first-order valence-corrected chi connectivity index (χ1v) is 6.62. The lowest BCUT2D eigenvalue weighted by molar-refractivity contribution is -0.131. The van der Waals surface area contributed by atoms with Crippen molar-refractivity contribution in [2.45, 2.75) is 12.8 Å². The zero-order chi connectivity index (χ0) is 14.5. The number of ether oxygens (including phenoxy) is 1. The normalized spacial score (nSPS) is 14.9. The number of halogens is 1. The Kier molecular flexibility index (Phi) is 4.61. The van der Waals surface area contributed by atoms with Gasteiger partial charge in [-0.1, -0.05) is 12.1 Å². The molecule has 0 aliphatic carbocycles. The molecule has 2 N–H and O–H groups in total. The Hall–Kier alpha value is -2.04. The van der Waals surface area contributed by atoms with Crippen LogP contribution in [0.1, 0.15) is 18.4 Å². The first-order chi connectivity index (χ1) is 9.65. The molecule has 4 nitrogen and oxygen atoms in total. The number of alkyl halides is 1. The second-order valence-corrected chi connectivity index (χ2v) is 4.71. The van der Waals surface area contributed by atoms with Crippen LogP contribution in [0.2, 0.25) is 0 Å². The molecule has 0 atom stereocenters. The van der Waals surface area contributed by atoms with E-state index in [9.17, 15) is 9.18 Å². The third-order valence-corrected chi connectivity index (χ3v) is 3.47. The number of hydrogen-bond donors (Lipinski definition) is 1. The van der Waals surface area contributed by atoms with E-state index < -0.39 is 6.67 Å². The number of rotatable bonds is 4. The van der Waals surface area contributed by atoms with E-state index in [0.717, 1.165) is 17.6 Å². The fourth-order valence-electron chi connectivity index (χ4n) is 2.31. The predicted octanol–water partition coefficient (Wildman–Crippen LogP) is 2.25. The lowest BCUT2D eigenvalue weighted by Crippen LogP contribution is -2.34. The van der Waals surface area contributed by atoms with Gasteiger partial charge in [0.05, 0.1) is 25.9 Å². The van der Waals surface area contributed by atoms with Gasteiger partial charge in [0.2, 0.25) is 5.91 Å². The van der Waals surface area contributed by atoms with Gasteiger partial charge in [0.25, 0.3) is 0 Å². The Morgan fingerprint density at radius 3 is 2.90 bits per heavy atom. The molecular formula is C15H19FN2O2. The minimum Gasteiger partial charge on any atom is -0.495 e. The van der Waals surface area contributed by atoms with Crippen LogP contribution in [-0.2, 0) is 4.79 Å². The molecule has 108 valence electrons. The summed E-state index contributed by atoms with van der Waals surface area (Å²) in [4.78, 5) is 13.3. The SMILES string of the molecule is COc1cc(C2=CCN(C(=O)CCF)CC2)ccc1N. The van der Waals surface area contributed by atoms with Crippen molar-refractivity contribution in [3.63, 3.8) is 0 Å². The monoisotopic (exact) mass is 278 g/mol. The standard InChI is InChI=1S/C15H19FN2O2/c1-20-14-10-12(2-3-13(14)17)11-5-8-18(9-6-11)15(19)4-7-16/h2-3,5,10H,4,6-9,17H2,1H3. The summed E-state index contributed by atoms with van der Waals surface area (Å²) in [6.45, 7) is 0.555. The van der Waals surface area contributed by atoms with Gasteiger partial charge in [-0.25, -0.2) is 0 Å². The average Bonchev–Trinajstić information content (AvgIpc) is 2.48. The third kappa shape index (κ3) is 3.10. The van der Waals surface area contributed by atoms with Gasteiger partial charge in [0.1, 0.15) is 5.75 Å². The predicted molar refractivity (Wildman–Crippen MR) is 77.2 cm³/mol. The number of benzene rings is 1. The van der Waals surface area contributed by atoms with E-state index in [1.807, 2.05) is 24.3 Å². The quantitative estimate of drug-likeness (QED) is 0.859. The van der Waals surface area contributed by atoms with Crippen molar-refractivity contribution in [2.24, 2.45) is 0 Å². The molecule has 1 heterocycles. The first kappa shape index (κ1) is 14.4. The number of nitrogens with zero attached hydrogens (tertiary/aromatic N) is 1. The van der Waals surface area contributed by atoms with Gasteiger partial charge in [-0.15, -0.1) is 0 Å². The van der Waals surface area contributed by atoms with Crippen molar-refractivity contribution in [3.8, 4) is 5.75 Å². The van der Waals surface area contributed by atoms with E-state index in [-0.39, 0.29) is 12.3 Å².